The zero-order valence-electron chi connectivity index (χ0n) is 17.0. The number of hydrogen-bond donors (Lipinski definition) is 0. The molecule has 3 aromatic rings. The molecule has 1 aliphatic heterocycles. The molecule has 1 aromatic heterocycles. The van der Waals surface area contributed by atoms with Gasteiger partial charge in [-0.15, -0.1) is 0 Å². The molecule has 4 rings (SSSR count). The lowest BCUT2D eigenvalue weighted by Gasteiger charge is -2.17. The Morgan fingerprint density at radius 1 is 1.20 bits per heavy atom. The first kappa shape index (κ1) is 20.2. The summed E-state index contributed by atoms with van der Waals surface area (Å²) in [4.78, 5) is 18.7. The van der Waals surface area contributed by atoms with Gasteiger partial charge in [0.15, 0.2) is 11.5 Å². The maximum Gasteiger partial charge on any atom is 0.232 e. The van der Waals surface area contributed by atoms with Crippen LogP contribution in [0.1, 0.15) is 32.1 Å². The maximum atomic E-state index is 12.5. The van der Waals surface area contributed by atoms with Gasteiger partial charge in [-0.1, -0.05) is 28.9 Å². The lowest BCUT2D eigenvalue weighted by molar-refractivity contribution is -0.117. The highest BCUT2D eigenvalue weighted by Crippen LogP contribution is 2.36. The highest BCUT2D eigenvalue weighted by Gasteiger charge is 2.36. The predicted molar refractivity (Wildman–Crippen MR) is 113 cm³/mol. The fraction of sp³-hybridized carbons (Fsp3) is 0.318. The SMILES string of the molecule is COc1cc(-c2noc(C3CC(=O)N(c4ccccc4Cl)C3)n2)ccc1OC(C)C. The first-order valence-corrected chi connectivity index (χ1v) is 10.1. The number of carbonyl (C=O) groups excluding carboxylic acids is 1. The van der Waals surface area contributed by atoms with Crippen molar-refractivity contribution >= 4 is 23.2 Å². The molecule has 30 heavy (non-hydrogen) atoms. The highest BCUT2D eigenvalue weighted by molar-refractivity contribution is 6.33. The molecular formula is C22H22ClN3O4. The molecule has 2 aromatic carbocycles. The van der Waals surface area contributed by atoms with Crippen molar-refractivity contribution in [2.75, 3.05) is 18.6 Å². The molecule has 1 fully saturated rings. The van der Waals surface area contributed by atoms with Crippen LogP contribution < -0.4 is 14.4 Å². The van der Waals surface area contributed by atoms with Gasteiger partial charge >= 0.3 is 0 Å². The minimum atomic E-state index is -0.194. The zero-order valence-corrected chi connectivity index (χ0v) is 17.7. The Morgan fingerprint density at radius 2 is 2.00 bits per heavy atom. The van der Waals surface area contributed by atoms with Crippen molar-refractivity contribution < 1.29 is 18.8 Å². The van der Waals surface area contributed by atoms with E-state index in [9.17, 15) is 4.79 Å². The summed E-state index contributed by atoms with van der Waals surface area (Å²) in [5.41, 5.74) is 1.43. The Kier molecular flexibility index (Phi) is 5.63. The molecule has 0 spiro atoms. The van der Waals surface area contributed by atoms with Crippen LogP contribution in [0.4, 0.5) is 5.69 Å². The van der Waals surface area contributed by atoms with Crippen molar-refractivity contribution in [1.82, 2.24) is 10.1 Å². The van der Waals surface area contributed by atoms with E-state index in [1.165, 1.54) is 0 Å². The summed E-state index contributed by atoms with van der Waals surface area (Å²) in [6.45, 7) is 4.34. The van der Waals surface area contributed by atoms with Gasteiger partial charge < -0.3 is 18.9 Å². The molecule has 1 amide bonds. The van der Waals surface area contributed by atoms with Gasteiger partial charge in [0.2, 0.25) is 17.6 Å². The van der Waals surface area contributed by atoms with Gasteiger partial charge in [0.1, 0.15) is 0 Å². The standard InChI is InChI=1S/C22H22ClN3O4/c1-13(2)29-18-9-8-14(10-19(18)28-3)21-24-22(30-25-21)15-11-20(27)26(12-15)17-7-5-4-6-16(17)23/h4-10,13,15H,11-12H2,1-3H3. The third kappa shape index (κ3) is 3.98. The molecule has 0 radical (unpaired) electrons. The molecular weight excluding hydrogens is 406 g/mol. The molecule has 1 atom stereocenters. The predicted octanol–water partition coefficient (Wildman–Crippen LogP) is 4.71. The number of halogens is 1. The number of amides is 1. The van der Waals surface area contributed by atoms with E-state index in [0.717, 1.165) is 5.56 Å². The van der Waals surface area contributed by atoms with E-state index in [0.29, 0.717) is 40.5 Å². The van der Waals surface area contributed by atoms with Gasteiger partial charge in [-0.2, -0.15) is 4.98 Å². The van der Waals surface area contributed by atoms with Gasteiger partial charge in [0.05, 0.1) is 29.8 Å². The Bertz CT molecular complexity index is 1070. The number of rotatable bonds is 6. The topological polar surface area (TPSA) is 77.7 Å². The number of benzene rings is 2. The van der Waals surface area contributed by atoms with Crippen molar-refractivity contribution in [3.05, 3.63) is 53.4 Å². The average molecular weight is 428 g/mol. The largest absolute Gasteiger partial charge is 0.493 e. The van der Waals surface area contributed by atoms with Crippen LogP contribution in [0.3, 0.4) is 0 Å². The van der Waals surface area contributed by atoms with Crippen LogP contribution in [0, 0.1) is 0 Å². The van der Waals surface area contributed by atoms with Crippen LogP contribution in [-0.4, -0.2) is 35.8 Å². The molecule has 0 bridgehead atoms. The first-order chi connectivity index (χ1) is 14.5. The van der Waals surface area contributed by atoms with Crippen molar-refractivity contribution in [3.8, 4) is 22.9 Å². The number of aromatic nitrogens is 2. The number of anilines is 1. The van der Waals surface area contributed by atoms with Gasteiger partial charge in [0, 0.05) is 18.5 Å². The van der Waals surface area contributed by atoms with Gasteiger partial charge in [-0.3, -0.25) is 4.79 Å². The first-order valence-electron chi connectivity index (χ1n) is 9.70. The number of hydrogen-bond acceptors (Lipinski definition) is 6. The fourth-order valence-corrected chi connectivity index (χ4v) is 3.69. The van der Waals surface area contributed by atoms with E-state index in [1.54, 1.807) is 18.1 Å². The van der Waals surface area contributed by atoms with Gasteiger partial charge in [-0.05, 0) is 44.2 Å². The van der Waals surface area contributed by atoms with Crippen LogP contribution in [0.5, 0.6) is 11.5 Å². The Morgan fingerprint density at radius 3 is 2.73 bits per heavy atom. The van der Waals surface area contributed by atoms with Crippen molar-refractivity contribution in [1.29, 1.82) is 0 Å². The fourth-order valence-electron chi connectivity index (χ4n) is 3.45. The molecule has 8 heteroatoms. The molecule has 7 nitrogen and oxygen atoms in total. The minimum absolute atomic E-state index is 0.0234. The quantitative estimate of drug-likeness (QED) is 0.567. The summed E-state index contributed by atoms with van der Waals surface area (Å²) in [5.74, 6) is 1.88. The summed E-state index contributed by atoms with van der Waals surface area (Å²) in [6, 6.07) is 12.8. The Labute approximate surface area is 179 Å². The van der Waals surface area contributed by atoms with Gasteiger partial charge in [-0.25, -0.2) is 0 Å². The normalized spacial score (nSPS) is 16.4. The van der Waals surface area contributed by atoms with E-state index in [1.807, 2.05) is 50.2 Å². The van der Waals surface area contributed by atoms with E-state index >= 15 is 0 Å². The highest BCUT2D eigenvalue weighted by atomic mass is 35.5. The monoisotopic (exact) mass is 427 g/mol. The number of ether oxygens (including phenoxy) is 2. The zero-order chi connectivity index (χ0) is 21.3. The molecule has 2 heterocycles. The second-order valence-corrected chi connectivity index (χ2v) is 7.75. The van der Waals surface area contributed by atoms with Crippen LogP contribution in [0.25, 0.3) is 11.4 Å². The lowest BCUT2D eigenvalue weighted by atomic mass is 10.1. The summed E-state index contributed by atoms with van der Waals surface area (Å²) < 4.78 is 16.7. The molecule has 0 N–H and O–H groups in total. The summed E-state index contributed by atoms with van der Waals surface area (Å²) >= 11 is 6.25. The van der Waals surface area contributed by atoms with E-state index in [2.05, 4.69) is 10.1 Å². The third-order valence-electron chi connectivity index (χ3n) is 4.84. The third-order valence-corrected chi connectivity index (χ3v) is 5.16. The number of methoxy groups -OCH3 is 1. The molecule has 1 saturated heterocycles. The Hall–Kier alpha value is -3.06. The molecule has 1 unspecified atom stereocenters. The number of para-hydroxylation sites is 1. The second-order valence-electron chi connectivity index (χ2n) is 7.35. The minimum Gasteiger partial charge on any atom is -0.493 e. The second kappa shape index (κ2) is 8.36. The van der Waals surface area contributed by atoms with Crippen LogP contribution in [0.2, 0.25) is 5.02 Å². The van der Waals surface area contributed by atoms with E-state index < -0.39 is 0 Å². The molecule has 156 valence electrons. The number of carbonyl (C=O) groups is 1. The summed E-state index contributed by atoms with van der Waals surface area (Å²) in [6.07, 6.45) is 0.319. The number of nitrogens with zero attached hydrogens (tertiary/aromatic N) is 3. The summed E-state index contributed by atoms with van der Waals surface area (Å²) in [5, 5.41) is 4.63. The van der Waals surface area contributed by atoms with Gasteiger partial charge in [0.25, 0.3) is 0 Å². The molecule has 1 aliphatic rings. The average Bonchev–Trinajstić information content (AvgIpc) is 3.35. The van der Waals surface area contributed by atoms with Crippen molar-refractivity contribution in [2.45, 2.75) is 32.3 Å². The summed E-state index contributed by atoms with van der Waals surface area (Å²) in [7, 11) is 1.58. The lowest BCUT2D eigenvalue weighted by Crippen LogP contribution is -2.24. The maximum absolute atomic E-state index is 12.5. The van der Waals surface area contributed by atoms with Crippen LogP contribution in [0.15, 0.2) is 47.0 Å². The molecule has 0 saturated carbocycles. The van der Waals surface area contributed by atoms with Crippen molar-refractivity contribution in [2.24, 2.45) is 0 Å². The van der Waals surface area contributed by atoms with Crippen LogP contribution in [-0.2, 0) is 4.79 Å². The smallest absolute Gasteiger partial charge is 0.232 e. The van der Waals surface area contributed by atoms with Crippen LogP contribution >= 0.6 is 11.6 Å². The molecule has 0 aliphatic carbocycles. The Balaban J connectivity index is 1.55. The van der Waals surface area contributed by atoms with Crippen molar-refractivity contribution in [3.63, 3.8) is 0 Å². The van der Waals surface area contributed by atoms with E-state index in [-0.39, 0.29) is 24.3 Å². The van der Waals surface area contributed by atoms with E-state index in [4.69, 9.17) is 25.6 Å².